The van der Waals surface area contributed by atoms with Crippen molar-refractivity contribution in [1.29, 1.82) is 0 Å². The maximum Gasteiger partial charge on any atom is 0.231 e. The minimum Gasteiger partial charge on any atom is -0.454 e. The van der Waals surface area contributed by atoms with Crippen LogP contribution in [-0.4, -0.2) is 31.7 Å². The predicted molar refractivity (Wildman–Crippen MR) is 80.9 cm³/mol. The van der Waals surface area contributed by atoms with Crippen molar-refractivity contribution >= 4 is 17.5 Å². The molecule has 0 unspecified atom stereocenters. The standard InChI is InChI=1S/C16H20N2O4/c1-2-3-15(19)17-8-11-6-16(20)18(9-11)12-4-5-13-14(7-12)22-10-21-13/h4-5,7,11H,2-3,6,8-10H2,1H3,(H,17,19)/t11-/m0/s1. The first kappa shape index (κ1) is 14.7. The van der Waals surface area contributed by atoms with Gasteiger partial charge in [0.05, 0.1) is 0 Å². The summed E-state index contributed by atoms with van der Waals surface area (Å²) >= 11 is 0. The lowest BCUT2D eigenvalue weighted by molar-refractivity contribution is -0.121. The van der Waals surface area contributed by atoms with E-state index < -0.39 is 0 Å². The lowest BCUT2D eigenvalue weighted by atomic mass is 10.1. The van der Waals surface area contributed by atoms with Gasteiger partial charge in [0.25, 0.3) is 0 Å². The van der Waals surface area contributed by atoms with E-state index >= 15 is 0 Å². The first-order valence-corrected chi connectivity index (χ1v) is 7.64. The number of nitrogens with one attached hydrogen (secondary N) is 1. The third-order valence-corrected chi connectivity index (χ3v) is 3.94. The number of carbonyl (C=O) groups is 2. The highest BCUT2D eigenvalue weighted by Crippen LogP contribution is 2.37. The van der Waals surface area contributed by atoms with Gasteiger partial charge < -0.3 is 19.7 Å². The summed E-state index contributed by atoms with van der Waals surface area (Å²) in [6, 6.07) is 5.52. The van der Waals surface area contributed by atoms with Gasteiger partial charge in [-0.3, -0.25) is 9.59 Å². The normalized spacial score (nSPS) is 19.6. The summed E-state index contributed by atoms with van der Waals surface area (Å²) in [5.74, 6) is 1.66. The SMILES string of the molecule is CCCC(=O)NC[C@@H]1CC(=O)N(c2ccc3c(c2)OCO3)C1. The molecule has 0 aliphatic carbocycles. The summed E-state index contributed by atoms with van der Waals surface area (Å²) in [6.45, 7) is 3.36. The highest BCUT2D eigenvalue weighted by atomic mass is 16.7. The van der Waals surface area contributed by atoms with Gasteiger partial charge in [-0.15, -0.1) is 0 Å². The molecule has 3 rings (SSSR count). The summed E-state index contributed by atoms with van der Waals surface area (Å²) in [6.07, 6.45) is 1.83. The van der Waals surface area contributed by atoms with Gasteiger partial charge in [0.2, 0.25) is 18.6 Å². The minimum absolute atomic E-state index is 0.0523. The Hall–Kier alpha value is -2.24. The van der Waals surface area contributed by atoms with Crippen molar-refractivity contribution < 1.29 is 19.1 Å². The quantitative estimate of drug-likeness (QED) is 0.899. The molecule has 0 aromatic heterocycles. The maximum atomic E-state index is 12.2. The molecule has 2 amide bonds. The number of carbonyl (C=O) groups excluding carboxylic acids is 2. The van der Waals surface area contributed by atoms with Crippen LogP contribution in [0.5, 0.6) is 11.5 Å². The summed E-state index contributed by atoms with van der Waals surface area (Å²) in [5, 5.41) is 2.90. The number of hydrogen-bond donors (Lipinski definition) is 1. The highest BCUT2D eigenvalue weighted by Gasteiger charge is 2.31. The Morgan fingerprint density at radius 3 is 3.00 bits per heavy atom. The second-order valence-electron chi connectivity index (χ2n) is 5.67. The van der Waals surface area contributed by atoms with Gasteiger partial charge >= 0.3 is 0 Å². The Kier molecular flexibility index (Phi) is 4.18. The molecule has 1 saturated heterocycles. The zero-order chi connectivity index (χ0) is 15.5. The summed E-state index contributed by atoms with van der Waals surface area (Å²) in [7, 11) is 0. The molecular formula is C16H20N2O4. The second kappa shape index (κ2) is 6.25. The minimum atomic E-state index is 0.0523. The van der Waals surface area contributed by atoms with Gasteiger partial charge in [-0.25, -0.2) is 0 Å². The van der Waals surface area contributed by atoms with Crippen molar-refractivity contribution in [2.45, 2.75) is 26.2 Å². The molecule has 1 N–H and O–H groups in total. The molecule has 2 aliphatic rings. The Morgan fingerprint density at radius 2 is 2.18 bits per heavy atom. The van der Waals surface area contributed by atoms with E-state index in [0.717, 1.165) is 12.1 Å². The highest BCUT2D eigenvalue weighted by molar-refractivity contribution is 5.96. The van der Waals surface area contributed by atoms with E-state index in [1.54, 1.807) is 4.90 Å². The zero-order valence-electron chi connectivity index (χ0n) is 12.6. The van der Waals surface area contributed by atoms with Gasteiger partial charge in [-0.05, 0) is 18.6 Å². The van der Waals surface area contributed by atoms with Crippen LogP contribution < -0.4 is 19.7 Å². The Bertz CT molecular complexity index is 588. The van der Waals surface area contributed by atoms with Crippen LogP contribution in [0.2, 0.25) is 0 Å². The first-order chi connectivity index (χ1) is 10.7. The van der Waals surface area contributed by atoms with Gasteiger partial charge in [0.15, 0.2) is 11.5 Å². The largest absolute Gasteiger partial charge is 0.454 e. The van der Waals surface area contributed by atoms with Crippen molar-refractivity contribution in [3.63, 3.8) is 0 Å². The molecule has 1 fully saturated rings. The van der Waals surface area contributed by atoms with Crippen molar-refractivity contribution in [2.24, 2.45) is 5.92 Å². The zero-order valence-corrected chi connectivity index (χ0v) is 12.6. The molecule has 1 aromatic carbocycles. The lowest BCUT2D eigenvalue weighted by Crippen LogP contribution is -2.31. The maximum absolute atomic E-state index is 12.2. The van der Waals surface area contributed by atoms with Crippen molar-refractivity contribution in [1.82, 2.24) is 5.32 Å². The van der Waals surface area contributed by atoms with E-state index in [1.165, 1.54) is 0 Å². The molecule has 1 aromatic rings. The molecule has 1 atom stereocenters. The van der Waals surface area contributed by atoms with Gasteiger partial charge in [-0.1, -0.05) is 6.92 Å². The van der Waals surface area contributed by atoms with Crippen LogP contribution in [0.4, 0.5) is 5.69 Å². The third-order valence-electron chi connectivity index (χ3n) is 3.94. The third kappa shape index (κ3) is 3.00. The number of benzene rings is 1. The predicted octanol–water partition coefficient (Wildman–Crippen LogP) is 1.68. The lowest BCUT2D eigenvalue weighted by Gasteiger charge is -2.17. The Morgan fingerprint density at radius 1 is 1.36 bits per heavy atom. The fourth-order valence-corrected chi connectivity index (χ4v) is 2.79. The molecular weight excluding hydrogens is 284 g/mol. The summed E-state index contributed by atoms with van der Waals surface area (Å²) in [4.78, 5) is 25.5. The number of hydrogen-bond acceptors (Lipinski definition) is 4. The molecule has 2 heterocycles. The number of nitrogens with zero attached hydrogens (tertiary/aromatic N) is 1. The molecule has 118 valence electrons. The van der Waals surface area contributed by atoms with Crippen LogP contribution in [0.3, 0.4) is 0 Å². The topological polar surface area (TPSA) is 67.9 Å². The molecule has 2 aliphatic heterocycles. The van der Waals surface area contributed by atoms with E-state index in [0.29, 0.717) is 37.4 Å². The van der Waals surface area contributed by atoms with E-state index in [9.17, 15) is 9.59 Å². The fraction of sp³-hybridized carbons (Fsp3) is 0.500. The monoisotopic (exact) mass is 304 g/mol. The average molecular weight is 304 g/mol. The number of amides is 2. The average Bonchev–Trinajstić information content (AvgIpc) is 3.11. The van der Waals surface area contributed by atoms with Crippen LogP contribution in [0.25, 0.3) is 0 Å². The van der Waals surface area contributed by atoms with Crippen LogP contribution in [0.15, 0.2) is 18.2 Å². The summed E-state index contributed by atoms with van der Waals surface area (Å²) in [5.41, 5.74) is 0.816. The molecule has 0 saturated carbocycles. The van der Waals surface area contributed by atoms with Gasteiger partial charge in [-0.2, -0.15) is 0 Å². The van der Waals surface area contributed by atoms with Gasteiger partial charge in [0.1, 0.15) is 0 Å². The molecule has 6 heteroatoms. The molecule has 0 spiro atoms. The molecule has 6 nitrogen and oxygen atoms in total. The van der Waals surface area contributed by atoms with Crippen molar-refractivity contribution in [2.75, 3.05) is 24.8 Å². The molecule has 22 heavy (non-hydrogen) atoms. The van der Waals surface area contributed by atoms with Crippen LogP contribution in [-0.2, 0) is 9.59 Å². The first-order valence-electron chi connectivity index (χ1n) is 7.64. The number of rotatable bonds is 5. The molecule has 0 radical (unpaired) electrons. The number of ether oxygens (including phenoxy) is 2. The van der Waals surface area contributed by atoms with Crippen molar-refractivity contribution in [3.8, 4) is 11.5 Å². The fourth-order valence-electron chi connectivity index (χ4n) is 2.79. The van der Waals surface area contributed by atoms with Gasteiger partial charge in [0, 0.05) is 43.6 Å². The van der Waals surface area contributed by atoms with Crippen LogP contribution in [0, 0.1) is 5.92 Å². The number of fused-ring (bicyclic) bond motifs is 1. The van der Waals surface area contributed by atoms with E-state index in [4.69, 9.17) is 9.47 Å². The van der Waals surface area contributed by atoms with Crippen molar-refractivity contribution in [3.05, 3.63) is 18.2 Å². The summed E-state index contributed by atoms with van der Waals surface area (Å²) < 4.78 is 10.6. The van der Waals surface area contributed by atoms with E-state index in [1.807, 2.05) is 25.1 Å². The smallest absolute Gasteiger partial charge is 0.231 e. The Balaban J connectivity index is 1.61. The molecule has 0 bridgehead atoms. The van der Waals surface area contributed by atoms with Crippen LogP contribution >= 0.6 is 0 Å². The van der Waals surface area contributed by atoms with Crippen LogP contribution in [0.1, 0.15) is 26.2 Å². The number of anilines is 1. The second-order valence-corrected chi connectivity index (χ2v) is 5.67. The van der Waals surface area contributed by atoms with E-state index in [-0.39, 0.29) is 24.5 Å². The Labute approximate surface area is 129 Å². The van der Waals surface area contributed by atoms with E-state index in [2.05, 4.69) is 5.32 Å².